The molecule has 0 radical (unpaired) electrons. The van der Waals surface area contributed by atoms with E-state index in [4.69, 9.17) is 4.74 Å². The topological polar surface area (TPSA) is 29.5 Å². The third-order valence-electron chi connectivity index (χ3n) is 4.48. The number of ether oxygens (including phenoxy) is 1. The van der Waals surface area contributed by atoms with Crippen molar-refractivity contribution in [1.29, 1.82) is 0 Å². The van der Waals surface area contributed by atoms with Gasteiger partial charge in [-0.1, -0.05) is 25.1 Å². The number of para-hydroxylation sites is 1. The van der Waals surface area contributed by atoms with Gasteiger partial charge in [-0.05, 0) is 62.1 Å². The maximum absolute atomic E-state index is 13.5. The number of halogens is 1. The van der Waals surface area contributed by atoms with Crippen LogP contribution in [0.2, 0.25) is 0 Å². The van der Waals surface area contributed by atoms with Crippen LogP contribution in [-0.2, 0) is 11.2 Å². The Morgan fingerprint density at radius 3 is 2.75 bits per heavy atom. The zero-order chi connectivity index (χ0) is 17.1. The van der Waals surface area contributed by atoms with Gasteiger partial charge in [0.05, 0.1) is 0 Å². The van der Waals surface area contributed by atoms with Crippen LogP contribution in [0, 0.1) is 5.82 Å². The molecule has 4 heteroatoms. The van der Waals surface area contributed by atoms with E-state index in [-0.39, 0.29) is 17.8 Å². The van der Waals surface area contributed by atoms with E-state index in [1.807, 2.05) is 44.2 Å². The van der Waals surface area contributed by atoms with Gasteiger partial charge in [-0.2, -0.15) is 0 Å². The predicted octanol–water partition coefficient (Wildman–Crippen LogP) is 4.35. The molecular weight excluding hydrogens is 305 g/mol. The van der Waals surface area contributed by atoms with Gasteiger partial charge in [0.15, 0.2) is 6.10 Å². The first-order valence-electron chi connectivity index (χ1n) is 8.43. The quantitative estimate of drug-likeness (QED) is 0.835. The minimum absolute atomic E-state index is 0.0681. The standard InChI is InChI=1S/C20H22FNO2/c1-3-19(24-17-7-5-4-6-8-17)20(23)22-14(2)9-10-15-13-16(21)11-12-18(15)22/h4-8,11-14,19H,3,9-10H2,1-2H3. The van der Waals surface area contributed by atoms with Gasteiger partial charge in [-0.25, -0.2) is 4.39 Å². The number of carbonyl (C=O) groups is 1. The van der Waals surface area contributed by atoms with Crippen molar-refractivity contribution in [2.45, 2.75) is 45.3 Å². The summed E-state index contributed by atoms with van der Waals surface area (Å²) < 4.78 is 19.4. The molecule has 1 aliphatic heterocycles. The van der Waals surface area contributed by atoms with Crippen LogP contribution in [0.4, 0.5) is 10.1 Å². The van der Waals surface area contributed by atoms with Crippen LogP contribution in [0.3, 0.4) is 0 Å². The third kappa shape index (κ3) is 3.28. The SMILES string of the molecule is CCC(Oc1ccccc1)C(=O)N1c2ccc(F)cc2CCC1C. The molecule has 3 nitrogen and oxygen atoms in total. The van der Waals surface area contributed by atoms with Gasteiger partial charge in [0, 0.05) is 11.7 Å². The summed E-state index contributed by atoms with van der Waals surface area (Å²) in [7, 11) is 0. The van der Waals surface area contributed by atoms with Crippen molar-refractivity contribution >= 4 is 11.6 Å². The summed E-state index contributed by atoms with van der Waals surface area (Å²) in [6, 6.07) is 14.1. The predicted molar refractivity (Wildman–Crippen MR) is 92.8 cm³/mol. The third-order valence-corrected chi connectivity index (χ3v) is 4.48. The summed E-state index contributed by atoms with van der Waals surface area (Å²) in [4.78, 5) is 14.9. The smallest absolute Gasteiger partial charge is 0.268 e. The highest BCUT2D eigenvalue weighted by Gasteiger charge is 2.33. The molecule has 2 aromatic carbocycles. The fourth-order valence-electron chi connectivity index (χ4n) is 3.18. The molecule has 24 heavy (non-hydrogen) atoms. The highest BCUT2D eigenvalue weighted by molar-refractivity contribution is 5.98. The molecule has 0 spiro atoms. The van der Waals surface area contributed by atoms with Crippen LogP contribution in [-0.4, -0.2) is 18.1 Å². The summed E-state index contributed by atoms with van der Waals surface area (Å²) in [6.45, 7) is 3.96. The van der Waals surface area contributed by atoms with Gasteiger partial charge in [0.25, 0.3) is 5.91 Å². The Hall–Kier alpha value is -2.36. The number of nitrogens with zero attached hydrogens (tertiary/aromatic N) is 1. The van der Waals surface area contributed by atoms with Crippen LogP contribution >= 0.6 is 0 Å². The number of fused-ring (bicyclic) bond motifs is 1. The number of anilines is 1. The number of rotatable bonds is 4. The molecular formula is C20H22FNO2. The highest BCUT2D eigenvalue weighted by Crippen LogP contribution is 2.32. The fourth-order valence-corrected chi connectivity index (χ4v) is 3.18. The fraction of sp³-hybridized carbons (Fsp3) is 0.350. The first kappa shape index (κ1) is 16.5. The van der Waals surface area contributed by atoms with Crippen molar-refractivity contribution in [3.8, 4) is 5.75 Å². The minimum Gasteiger partial charge on any atom is -0.481 e. The van der Waals surface area contributed by atoms with Crippen molar-refractivity contribution in [1.82, 2.24) is 0 Å². The second-order valence-corrected chi connectivity index (χ2v) is 6.20. The number of benzene rings is 2. The number of hydrogen-bond donors (Lipinski definition) is 0. The minimum atomic E-state index is -0.550. The first-order valence-corrected chi connectivity index (χ1v) is 8.43. The zero-order valence-electron chi connectivity index (χ0n) is 14.0. The van der Waals surface area contributed by atoms with Gasteiger partial charge >= 0.3 is 0 Å². The van der Waals surface area contributed by atoms with Crippen molar-refractivity contribution in [2.24, 2.45) is 0 Å². The Kier molecular flexibility index (Phi) is 4.84. The molecule has 2 unspecified atom stereocenters. The molecule has 126 valence electrons. The Bertz CT molecular complexity index is 717. The molecule has 0 aromatic heterocycles. The average molecular weight is 327 g/mol. The summed E-state index contributed by atoms with van der Waals surface area (Å²) in [6.07, 6.45) is 1.64. The molecule has 0 aliphatic carbocycles. The summed E-state index contributed by atoms with van der Waals surface area (Å²) in [5, 5.41) is 0. The molecule has 0 saturated carbocycles. The van der Waals surface area contributed by atoms with E-state index < -0.39 is 6.10 Å². The molecule has 0 N–H and O–H groups in total. The van der Waals surface area contributed by atoms with Gasteiger partial charge in [0.2, 0.25) is 0 Å². The Balaban J connectivity index is 1.87. The van der Waals surface area contributed by atoms with Crippen LogP contribution < -0.4 is 9.64 Å². The van der Waals surface area contributed by atoms with Gasteiger partial charge < -0.3 is 9.64 Å². The van der Waals surface area contributed by atoms with E-state index in [1.54, 1.807) is 11.0 Å². The number of aryl methyl sites for hydroxylation is 1. The molecule has 1 heterocycles. The van der Waals surface area contributed by atoms with Crippen molar-refractivity contribution in [3.63, 3.8) is 0 Å². The van der Waals surface area contributed by atoms with E-state index in [1.165, 1.54) is 12.1 Å². The maximum Gasteiger partial charge on any atom is 0.268 e. The molecule has 0 bridgehead atoms. The number of amides is 1. The highest BCUT2D eigenvalue weighted by atomic mass is 19.1. The number of hydrogen-bond acceptors (Lipinski definition) is 2. The Morgan fingerprint density at radius 2 is 2.04 bits per heavy atom. The van der Waals surface area contributed by atoms with Crippen molar-refractivity contribution < 1.29 is 13.9 Å². The van der Waals surface area contributed by atoms with Crippen LogP contribution in [0.5, 0.6) is 5.75 Å². The molecule has 1 amide bonds. The van der Waals surface area contributed by atoms with Crippen molar-refractivity contribution in [2.75, 3.05) is 4.90 Å². The lowest BCUT2D eigenvalue weighted by Crippen LogP contribution is -2.48. The van der Waals surface area contributed by atoms with E-state index in [2.05, 4.69) is 0 Å². The van der Waals surface area contributed by atoms with E-state index >= 15 is 0 Å². The number of carbonyl (C=O) groups excluding carboxylic acids is 1. The normalized spacial score (nSPS) is 18.0. The van der Waals surface area contributed by atoms with Gasteiger partial charge in [-0.3, -0.25) is 4.79 Å². The van der Waals surface area contributed by atoms with Gasteiger partial charge in [-0.15, -0.1) is 0 Å². The average Bonchev–Trinajstić information content (AvgIpc) is 2.60. The van der Waals surface area contributed by atoms with E-state index in [0.717, 1.165) is 24.1 Å². The van der Waals surface area contributed by atoms with Crippen LogP contribution in [0.1, 0.15) is 32.3 Å². The lowest BCUT2D eigenvalue weighted by atomic mass is 9.95. The van der Waals surface area contributed by atoms with Crippen LogP contribution in [0.15, 0.2) is 48.5 Å². The molecule has 2 atom stereocenters. The molecule has 0 saturated heterocycles. The van der Waals surface area contributed by atoms with Crippen molar-refractivity contribution in [3.05, 3.63) is 59.9 Å². The Labute approximate surface area is 142 Å². The lowest BCUT2D eigenvalue weighted by Gasteiger charge is -2.37. The molecule has 1 aliphatic rings. The Morgan fingerprint density at radius 1 is 1.29 bits per heavy atom. The largest absolute Gasteiger partial charge is 0.481 e. The second kappa shape index (κ2) is 7.04. The first-order chi connectivity index (χ1) is 11.6. The molecule has 2 aromatic rings. The zero-order valence-corrected chi connectivity index (χ0v) is 14.0. The molecule has 0 fully saturated rings. The summed E-state index contributed by atoms with van der Waals surface area (Å²) in [5.41, 5.74) is 1.69. The van der Waals surface area contributed by atoms with Gasteiger partial charge in [0.1, 0.15) is 11.6 Å². The maximum atomic E-state index is 13.5. The van der Waals surface area contributed by atoms with E-state index in [0.29, 0.717) is 12.2 Å². The van der Waals surface area contributed by atoms with E-state index in [9.17, 15) is 9.18 Å². The summed E-state index contributed by atoms with van der Waals surface area (Å²) in [5.74, 6) is 0.353. The van der Waals surface area contributed by atoms with Crippen LogP contribution in [0.25, 0.3) is 0 Å². The second-order valence-electron chi connectivity index (χ2n) is 6.20. The monoisotopic (exact) mass is 327 g/mol. The molecule has 3 rings (SSSR count). The summed E-state index contributed by atoms with van der Waals surface area (Å²) >= 11 is 0. The lowest BCUT2D eigenvalue weighted by molar-refractivity contribution is -0.126.